The number of hydrogen-bond donors (Lipinski definition) is 2. The molecule has 1 aliphatic rings. The van der Waals surface area contributed by atoms with E-state index in [1.54, 1.807) is 38.5 Å². The van der Waals surface area contributed by atoms with Gasteiger partial charge in [-0.1, -0.05) is 71.9 Å². The van der Waals surface area contributed by atoms with E-state index in [1.807, 2.05) is 36.4 Å². The van der Waals surface area contributed by atoms with E-state index in [9.17, 15) is 19.8 Å². The van der Waals surface area contributed by atoms with Gasteiger partial charge in [-0.05, 0) is 75.9 Å². The molecule has 3 unspecified atom stereocenters. The SMILES string of the molecule is COCc1cc(-c2cc(COC)c(OCC(O)COC(=O)C3C=CC(C(C)(C)C)=CC3)c(OC)c2)cc(OC)c1OCC(O)COC(=O)c1ccc(C(C)(C)C)cc1. The maximum absolute atomic E-state index is 12.7. The molecule has 3 aromatic carbocycles. The highest BCUT2D eigenvalue weighted by molar-refractivity contribution is 5.89. The van der Waals surface area contributed by atoms with Crippen molar-refractivity contribution >= 4 is 11.9 Å². The molecular formula is C46H60O12. The Balaban J connectivity index is 1.43. The van der Waals surface area contributed by atoms with E-state index in [4.69, 9.17) is 37.9 Å². The van der Waals surface area contributed by atoms with Crippen LogP contribution in [0.4, 0.5) is 0 Å². The van der Waals surface area contributed by atoms with E-state index in [0.29, 0.717) is 46.1 Å². The summed E-state index contributed by atoms with van der Waals surface area (Å²) in [4.78, 5) is 25.4. The normalized spacial score (nSPS) is 15.2. The van der Waals surface area contributed by atoms with Crippen molar-refractivity contribution in [3.05, 3.63) is 94.6 Å². The zero-order valence-corrected chi connectivity index (χ0v) is 35.5. The Hall–Kier alpha value is -4.88. The van der Waals surface area contributed by atoms with Crippen molar-refractivity contribution in [2.75, 3.05) is 54.9 Å². The molecule has 0 heterocycles. The Morgan fingerprint density at radius 2 is 1.19 bits per heavy atom. The molecule has 2 N–H and O–H groups in total. The first-order valence-electron chi connectivity index (χ1n) is 19.3. The molecule has 0 saturated carbocycles. The zero-order chi connectivity index (χ0) is 42.6. The Bertz CT molecular complexity index is 1900. The second kappa shape index (κ2) is 20.7. The van der Waals surface area contributed by atoms with Crippen LogP contribution in [-0.2, 0) is 42.4 Å². The maximum atomic E-state index is 12.7. The van der Waals surface area contributed by atoms with Crippen LogP contribution >= 0.6 is 0 Å². The maximum Gasteiger partial charge on any atom is 0.338 e. The minimum atomic E-state index is -1.12. The fourth-order valence-electron chi connectivity index (χ4n) is 6.26. The summed E-state index contributed by atoms with van der Waals surface area (Å²) in [6.07, 6.45) is 4.20. The summed E-state index contributed by atoms with van der Waals surface area (Å²) >= 11 is 0. The third-order valence-electron chi connectivity index (χ3n) is 9.56. The van der Waals surface area contributed by atoms with Crippen molar-refractivity contribution in [1.82, 2.24) is 0 Å². The first-order chi connectivity index (χ1) is 27.5. The molecule has 0 amide bonds. The standard InChI is InChI=1S/C46H60O12/c1-45(2,3)35-15-11-29(12-16-35)43(49)57-27-37(47)25-55-41-33(23-51-7)19-31(21-39(41)53-9)32-20-34(24-52-8)42(40(22-32)54-10)56-26-38(48)28-58-44(50)30-13-17-36(18-14-30)46(4,5)6/h11-13,15-22,30,37-38,47-48H,14,23-28H2,1-10H3. The first-order valence-corrected chi connectivity index (χ1v) is 19.3. The summed E-state index contributed by atoms with van der Waals surface area (Å²) in [5.74, 6) is 0.143. The molecule has 12 heteroatoms. The van der Waals surface area contributed by atoms with Gasteiger partial charge in [-0.15, -0.1) is 0 Å². The number of ether oxygens (including phenoxy) is 8. The molecule has 1 aliphatic carbocycles. The smallest absolute Gasteiger partial charge is 0.338 e. The Morgan fingerprint density at radius 1 is 0.690 bits per heavy atom. The van der Waals surface area contributed by atoms with Crippen LogP contribution in [0.25, 0.3) is 11.1 Å². The van der Waals surface area contributed by atoms with Crippen LogP contribution in [-0.4, -0.2) is 89.2 Å². The number of hydrogen-bond acceptors (Lipinski definition) is 12. The summed E-state index contributed by atoms with van der Waals surface area (Å²) < 4.78 is 45.4. The van der Waals surface area contributed by atoms with Crippen LogP contribution in [0.15, 0.2) is 72.3 Å². The van der Waals surface area contributed by atoms with Crippen molar-refractivity contribution in [1.29, 1.82) is 0 Å². The van der Waals surface area contributed by atoms with Crippen molar-refractivity contribution in [2.24, 2.45) is 11.3 Å². The third-order valence-corrected chi connectivity index (χ3v) is 9.56. The number of rotatable bonds is 19. The molecule has 0 radical (unpaired) electrons. The highest BCUT2D eigenvalue weighted by Gasteiger charge is 2.25. The van der Waals surface area contributed by atoms with Gasteiger partial charge in [0.25, 0.3) is 0 Å². The molecule has 3 atom stereocenters. The molecule has 0 spiro atoms. The molecule has 0 bridgehead atoms. The van der Waals surface area contributed by atoms with Crippen molar-refractivity contribution in [2.45, 2.75) is 78.8 Å². The van der Waals surface area contributed by atoms with E-state index in [1.165, 1.54) is 19.8 Å². The van der Waals surface area contributed by atoms with Crippen LogP contribution in [0.5, 0.6) is 23.0 Å². The highest BCUT2D eigenvalue weighted by atomic mass is 16.6. The van der Waals surface area contributed by atoms with E-state index in [0.717, 1.165) is 16.7 Å². The molecule has 316 valence electrons. The average molecular weight is 805 g/mol. The van der Waals surface area contributed by atoms with Crippen LogP contribution in [0.1, 0.15) is 75.0 Å². The fraction of sp³-hybridized carbons (Fsp3) is 0.478. The summed E-state index contributed by atoms with van der Waals surface area (Å²) in [5, 5.41) is 21.4. The number of aliphatic hydroxyl groups is 2. The van der Waals surface area contributed by atoms with Gasteiger partial charge in [0, 0.05) is 25.3 Å². The zero-order valence-electron chi connectivity index (χ0n) is 35.5. The summed E-state index contributed by atoms with van der Waals surface area (Å²) in [6, 6.07) is 14.5. The van der Waals surface area contributed by atoms with Crippen molar-refractivity contribution < 1.29 is 57.7 Å². The minimum Gasteiger partial charge on any atom is -0.493 e. The summed E-state index contributed by atoms with van der Waals surface area (Å²) in [6.45, 7) is 12.1. The van der Waals surface area contributed by atoms with Gasteiger partial charge >= 0.3 is 11.9 Å². The van der Waals surface area contributed by atoms with E-state index in [2.05, 4.69) is 47.6 Å². The number of benzene rings is 3. The lowest BCUT2D eigenvalue weighted by atomic mass is 9.81. The summed E-state index contributed by atoms with van der Waals surface area (Å²) in [5.41, 5.74) is 5.35. The van der Waals surface area contributed by atoms with Crippen LogP contribution in [0, 0.1) is 11.3 Å². The molecule has 12 nitrogen and oxygen atoms in total. The molecule has 0 aliphatic heterocycles. The quantitative estimate of drug-likeness (QED) is 0.116. The van der Waals surface area contributed by atoms with E-state index < -0.39 is 30.1 Å². The van der Waals surface area contributed by atoms with Crippen LogP contribution in [0.3, 0.4) is 0 Å². The third kappa shape index (κ3) is 12.6. The van der Waals surface area contributed by atoms with Gasteiger partial charge in [-0.25, -0.2) is 4.79 Å². The van der Waals surface area contributed by atoms with Gasteiger partial charge in [0.05, 0.1) is 38.9 Å². The van der Waals surface area contributed by atoms with Crippen LogP contribution in [0.2, 0.25) is 0 Å². The number of esters is 2. The predicted molar refractivity (Wildman–Crippen MR) is 221 cm³/mol. The topological polar surface area (TPSA) is 148 Å². The summed E-state index contributed by atoms with van der Waals surface area (Å²) in [7, 11) is 6.13. The lowest BCUT2D eigenvalue weighted by molar-refractivity contribution is -0.150. The second-order valence-electron chi connectivity index (χ2n) is 16.3. The number of aliphatic hydroxyl groups excluding tert-OH is 2. The average Bonchev–Trinajstić information content (AvgIpc) is 3.19. The van der Waals surface area contributed by atoms with Crippen molar-refractivity contribution in [3.63, 3.8) is 0 Å². The second-order valence-corrected chi connectivity index (χ2v) is 16.3. The van der Waals surface area contributed by atoms with E-state index in [-0.39, 0.29) is 50.5 Å². The van der Waals surface area contributed by atoms with Gasteiger partial charge in [-0.3, -0.25) is 4.79 Å². The fourth-order valence-corrected chi connectivity index (χ4v) is 6.26. The molecule has 58 heavy (non-hydrogen) atoms. The van der Waals surface area contributed by atoms with Crippen LogP contribution < -0.4 is 18.9 Å². The molecule has 3 aromatic rings. The molecule has 0 aromatic heterocycles. The number of carbonyl (C=O) groups is 2. The van der Waals surface area contributed by atoms with Gasteiger partial charge in [0.2, 0.25) is 0 Å². The Labute approximate surface area is 342 Å². The first kappa shape index (κ1) is 45.8. The molecular weight excluding hydrogens is 744 g/mol. The highest BCUT2D eigenvalue weighted by Crippen LogP contribution is 2.42. The van der Waals surface area contributed by atoms with Gasteiger partial charge < -0.3 is 48.1 Å². The van der Waals surface area contributed by atoms with Gasteiger partial charge in [0.15, 0.2) is 23.0 Å². The van der Waals surface area contributed by atoms with Crippen molar-refractivity contribution in [3.8, 4) is 34.1 Å². The molecule has 0 saturated heterocycles. The number of allylic oxidation sites excluding steroid dienone is 3. The monoisotopic (exact) mass is 804 g/mol. The molecule has 4 rings (SSSR count). The number of carbonyl (C=O) groups excluding carboxylic acids is 2. The van der Waals surface area contributed by atoms with Gasteiger partial charge in [0.1, 0.15) is 38.6 Å². The predicted octanol–water partition coefficient (Wildman–Crippen LogP) is 7.39. The van der Waals surface area contributed by atoms with E-state index >= 15 is 0 Å². The lowest BCUT2D eigenvalue weighted by Crippen LogP contribution is -2.28. The Kier molecular flexibility index (Phi) is 16.4. The molecule has 0 fully saturated rings. The lowest BCUT2D eigenvalue weighted by Gasteiger charge is -2.24. The Morgan fingerprint density at radius 3 is 1.60 bits per heavy atom. The minimum absolute atomic E-state index is 0.00687. The largest absolute Gasteiger partial charge is 0.493 e. The number of methoxy groups -OCH3 is 4. The van der Waals surface area contributed by atoms with Gasteiger partial charge in [-0.2, -0.15) is 0 Å².